The largest absolute Gasteiger partial charge is 0.181 e. The SMILES string of the molecule is CC1(C)c2cc(-c3ccc4c(c3)c3ccccc3c3c5c(ccc43)[Si](c3ccccc3)(c3ccccc3)c3c-5ccc4ccccc34)ccc2-c2c1ccc1ccccc21. The van der Waals surface area contributed by atoms with Crippen LogP contribution in [0.2, 0.25) is 0 Å². The van der Waals surface area contributed by atoms with Gasteiger partial charge in [-0.2, -0.15) is 0 Å². The number of benzene rings is 11. The van der Waals surface area contributed by atoms with Gasteiger partial charge in [-0.1, -0.05) is 208 Å². The summed E-state index contributed by atoms with van der Waals surface area (Å²) >= 11 is 0. The van der Waals surface area contributed by atoms with E-state index in [1.54, 1.807) is 0 Å². The van der Waals surface area contributed by atoms with Crippen molar-refractivity contribution in [1.29, 1.82) is 0 Å². The summed E-state index contributed by atoms with van der Waals surface area (Å²) in [6.07, 6.45) is 0. The van der Waals surface area contributed by atoms with E-state index >= 15 is 0 Å². The second-order valence-corrected chi connectivity index (χ2v) is 21.2. The molecule has 11 aromatic carbocycles. The first-order chi connectivity index (χ1) is 29.5. The highest BCUT2D eigenvalue weighted by Crippen LogP contribution is 2.52. The second kappa shape index (κ2) is 12.2. The van der Waals surface area contributed by atoms with Crippen LogP contribution in [0.5, 0.6) is 0 Å². The first kappa shape index (κ1) is 33.9. The second-order valence-electron chi connectivity index (χ2n) is 17.5. The highest BCUT2D eigenvalue weighted by molar-refractivity contribution is 7.23. The van der Waals surface area contributed by atoms with Crippen LogP contribution < -0.4 is 20.7 Å². The van der Waals surface area contributed by atoms with Gasteiger partial charge < -0.3 is 0 Å². The predicted octanol–water partition coefficient (Wildman–Crippen LogP) is 12.8. The average molecular weight is 777 g/mol. The summed E-state index contributed by atoms with van der Waals surface area (Å²) in [5.74, 6) is 0. The Kier molecular flexibility index (Phi) is 6.91. The molecule has 0 bridgehead atoms. The van der Waals surface area contributed by atoms with Crippen molar-refractivity contribution in [2.45, 2.75) is 19.3 Å². The Bertz CT molecular complexity index is 3550. The minimum Gasteiger partial charge on any atom is -0.0623 e. The normalized spacial score (nSPS) is 14.4. The van der Waals surface area contributed by atoms with Gasteiger partial charge in [0.05, 0.1) is 0 Å². The molecule has 2 aliphatic rings. The Labute approximate surface area is 351 Å². The molecule has 0 N–H and O–H groups in total. The van der Waals surface area contributed by atoms with Crippen LogP contribution in [0.25, 0.3) is 87.2 Å². The van der Waals surface area contributed by atoms with E-state index in [9.17, 15) is 0 Å². The van der Waals surface area contributed by atoms with Gasteiger partial charge in [-0.25, -0.2) is 0 Å². The summed E-state index contributed by atoms with van der Waals surface area (Å²) in [6, 6.07) is 78.8. The first-order valence-electron chi connectivity index (χ1n) is 21.3. The lowest BCUT2D eigenvalue weighted by Gasteiger charge is -2.32. The maximum atomic E-state index is 2.52. The monoisotopic (exact) mass is 776 g/mol. The molecule has 0 fully saturated rings. The zero-order valence-corrected chi connectivity index (χ0v) is 34.6. The molecule has 60 heavy (non-hydrogen) atoms. The lowest BCUT2D eigenvalue weighted by Crippen LogP contribution is -2.73. The van der Waals surface area contributed by atoms with Crippen LogP contribution in [0, 0.1) is 0 Å². The standard InChI is InChI=1S/C59H40Si/c1-59(2)52-33-28-37-15-9-11-21-43(37)55(52)49-30-27-40(36-53(49)59)39-26-29-46-48-32-34-54-57(56(48)47-24-14-13-23-45(47)51(46)35-39)50-31-25-38-16-10-12-22-44(38)58(50)60(54,41-17-5-3-6-18-41)42-19-7-4-8-20-42/h3-36H,1-2H3. The van der Waals surface area contributed by atoms with E-state index in [4.69, 9.17) is 0 Å². The summed E-state index contributed by atoms with van der Waals surface area (Å²) in [4.78, 5) is 0. The average Bonchev–Trinajstić information content (AvgIpc) is 3.75. The van der Waals surface area contributed by atoms with Gasteiger partial charge in [-0.15, -0.1) is 0 Å². The molecule has 1 aliphatic carbocycles. The van der Waals surface area contributed by atoms with Gasteiger partial charge in [-0.05, 0) is 131 Å². The van der Waals surface area contributed by atoms with Crippen molar-refractivity contribution in [1.82, 2.24) is 0 Å². The van der Waals surface area contributed by atoms with Crippen LogP contribution in [0.1, 0.15) is 25.0 Å². The van der Waals surface area contributed by atoms with Gasteiger partial charge in [0.15, 0.2) is 8.07 Å². The van der Waals surface area contributed by atoms with E-state index in [1.807, 2.05) is 0 Å². The highest BCUT2D eigenvalue weighted by Gasteiger charge is 2.50. The van der Waals surface area contributed by atoms with Gasteiger partial charge in [-0.3, -0.25) is 0 Å². The van der Waals surface area contributed by atoms with E-state index in [-0.39, 0.29) is 5.41 Å². The predicted molar refractivity (Wildman–Crippen MR) is 260 cm³/mol. The molecule has 11 aromatic rings. The minimum absolute atomic E-state index is 0.0928. The molecule has 0 aromatic heterocycles. The lowest BCUT2D eigenvalue weighted by molar-refractivity contribution is 0.661. The van der Waals surface area contributed by atoms with Crippen molar-refractivity contribution in [3.05, 3.63) is 217 Å². The number of hydrogen-bond acceptors (Lipinski definition) is 0. The molecule has 0 saturated heterocycles. The fourth-order valence-corrected chi connectivity index (χ4v) is 17.1. The van der Waals surface area contributed by atoms with Gasteiger partial charge in [0, 0.05) is 5.41 Å². The summed E-state index contributed by atoms with van der Waals surface area (Å²) < 4.78 is 0. The molecular formula is C59H40Si. The Hall–Kier alpha value is -7.06. The van der Waals surface area contributed by atoms with Crippen LogP contribution in [-0.2, 0) is 5.41 Å². The molecular weight excluding hydrogens is 737 g/mol. The molecule has 0 spiro atoms. The number of fused-ring (bicyclic) bond motifs is 17. The van der Waals surface area contributed by atoms with Gasteiger partial charge in [0.25, 0.3) is 0 Å². The smallest absolute Gasteiger partial charge is 0.0623 e. The van der Waals surface area contributed by atoms with E-state index in [0.717, 1.165) is 0 Å². The van der Waals surface area contributed by atoms with Crippen molar-refractivity contribution in [3.8, 4) is 33.4 Å². The molecule has 1 aliphatic heterocycles. The summed E-state index contributed by atoms with van der Waals surface area (Å²) in [5.41, 5.74) is 10.8. The van der Waals surface area contributed by atoms with E-state index in [2.05, 4.69) is 220 Å². The Balaban J connectivity index is 1.09. The third-order valence-electron chi connectivity index (χ3n) is 14.3. The van der Waals surface area contributed by atoms with Crippen LogP contribution in [-0.4, -0.2) is 8.07 Å². The lowest BCUT2D eigenvalue weighted by atomic mass is 9.81. The third-order valence-corrected chi connectivity index (χ3v) is 19.2. The molecule has 0 saturated carbocycles. The molecule has 0 atom stereocenters. The van der Waals surface area contributed by atoms with Crippen molar-refractivity contribution in [3.63, 3.8) is 0 Å². The molecule has 280 valence electrons. The van der Waals surface area contributed by atoms with Crippen molar-refractivity contribution < 1.29 is 0 Å². The Morgan fingerprint density at radius 1 is 0.350 bits per heavy atom. The van der Waals surface area contributed by atoms with E-state index in [0.29, 0.717) is 0 Å². The fourth-order valence-electron chi connectivity index (χ4n) is 11.7. The molecule has 13 rings (SSSR count). The number of rotatable bonds is 3. The van der Waals surface area contributed by atoms with Crippen LogP contribution >= 0.6 is 0 Å². The molecule has 1 heterocycles. The van der Waals surface area contributed by atoms with Crippen molar-refractivity contribution >= 4 is 82.7 Å². The quantitative estimate of drug-likeness (QED) is 0.124. The van der Waals surface area contributed by atoms with E-state index < -0.39 is 8.07 Å². The zero-order chi connectivity index (χ0) is 39.7. The van der Waals surface area contributed by atoms with E-state index in [1.165, 1.54) is 119 Å². The van der Waals surface area contributed by atoms with Crippen LogP contribution in [0.4, 0.5) is 0 Å². The van der Waals surface area contributed by atoms with Crippen LogP contribution in [0.3, 0.4) is 0 Å². The van der Waals surface area contributed by atoms with Crippen molar-refractivity contribution in [2.75, 3.05) is 0 Å². The molecule has 0 nitrogen and oxygen atoms in total. The van der Waals surface area contributed by atoms with Crippen molar-refractivity contribution in [2.24, 2.45) is 0 Å². The third kappa shape index (κ3) is 4.35. The molecule has 1 heteroatoms. The number of hydrogen-bond donors (Lipinski definition) is 0. The Morgan fingerprint density at radius 2 is 0.883 bits per heavy atom. The van der Waals surface area contributed by atoms with Gasteiger partial charge in [0.1, 0.15) is 0 Å². The maximum absolute atomic E-state index is 2.77. The summed E-state index contributed by atoms with van der Waals surface area (Å²) in [7, 11) is -2.77. The molecule has 0 unspecified atom stereocenters. The Morgan fingerprint density at radius 3 is 1.63 bits per heavy atom. The van der Waals surface area contributed by atoms with Gasteiger partial charge in [0.2, 0.25) is 0 Å². The maximum Gasteiger partial charge on any atom is 0.181 e. The first-order valence-corrected chi connectivity index (χ1v) is 23.3. The summed E-state index contributed by atoms with van der Waals surface area (Å²) in [6.45, 7) is 4.78. The van der Waals surface area contributed by atoms with Crippen LogP contribution in [0.15, 0.2) is 206 Å². The molecule has 0 radical (unpaired) electrons. The zero-order valence-electron chi connectivity index (χ0n) is 33.6. The highest BCUT2D eigenvalue weighted by atomic mass is 28.3. The molecule has 0 amide bonds. The fraction of sp³-hybridized carbons (Fsp3) is 0.0508. The summed E-state index contributed by atoms with van der Waals surface area (Å²) in [5, 5.41) is 19.0. The van der Waals surface area contributed by atoms with Gasteiger partial charge >= 0.3 is 0 Å². The topological polar surface area (TPSA) is 0 Å². The minimum atomic E-state index is -2.77.